The van der Waals surface area contributed by atoms with E-state index >= 15 is 0 Å². The van der Waals surface area contributed by atoms with Gasteiger partial charge in [0.2, 0.25) is 24.5 Å². The Morgan fingerprint density at radius 2 is 1.93 bits per heavy atom. The van der Waals surface area contributed by atoms with E-state index in [0.29, 0.717) is 31.0 Å². The molecule has 29 heavy (non-hydrogen) atoms. The molecule has 148 valence electrons. The molecule has 0 bridgehead atoms. The van der Waals surface area contributed by atoms with Gasteiger partial charge in [0.1, 0.15) is 0 Å². The summed E-state index contributed by atoms with van der Waals surface area (Å²) in [6, 6.07) is 14.1. The van der Waals surface area contributed by atoms with Crippen molar-refractivity contribution in [1.29, 1.82) is 0 Å². The molecule has 1 amide bonds. The van der Waals surface area contributed by atoms with Gasteiger partial charge in [-0.05, 0) is 41.7 Å². The molecule has 1 aromatic heterocycles. The Bertz CT molecular complexity index is 1050. The van der Waals surface area contributed by atoms with Gasteiger partial charge in [-0.15, -0.1) is 10.2 Å². The molecule has 1 atom stereocenters. The molecular weight excluding hydrogens is 370 g/mol. The fourth-order valence-electron chi connectivity index (χ4n) is 3.88. The summed E-state index contributed by atoms with van der Waals surface area (Å²) in [7, 11) is 0. The third kappa shape index (κ3) is 3.81. The van der Waals surface area contributed by atoms with Crippen LogP contribution in [-0.2, 0) is 24.1 Å². The van der Waals surface area contributed by atoms with Crippen LogP contribution >= 0.6 is 0 Å². The summed E-state index contributed by atoms with van der Waals surface area (Å²) in [5.41, 5.74) is 3.55. The first-order chi connectivity index (χ1) is 14.2. The Labute approximate surface area is 168 Å². The maximum Gasteiger partial charge on any atom is 0.231 e. The maximum absolute atomic E-state index is 12.4. The minimum atomic E-state index is 0.00206. The van der Waals surface area contributed by atoms with E-state index in [4.69, 9.17) is 13.9 Å². The normalized spacial score (nSPS) is 16.6. The number of aromatic nitrogens is 2. The van der Waals surface area contributed by atoms with Crippen LogP contribution in [-0.4, -0.2) is 22.9 Å². The van der Waals surface area contributed by atoms with E-state index in [1.54, 1.807) is 0 Å². The SMILES string of the molecule is O=C(CCc1nnc(Cc2ccc3c(c2)OCO3)o1)NC1CCc2ccccc21. The summed E-state index contributed by atoms with van der Waals surface area (Å²) >= 11 is 0. The van der Waals surface area contributed by atoms with Crippen molar-refractivity contribution in [2.75, 3.05) is 6.79 Å². The smallest absolute Gasteiger partial charge is 0.231 e. The summed E-state index contributed by atoms with van der Waals surface area (Å²) in [5.74, 6) is 2.47. The highest BCUT2D eigenvalue weighted by atomic mass is 16.7. The number of nitrogens with one attached hydrogen (secondary N) is 1. The third-order valence-corrected chi connectivity index (χ3v) is 5.34. The van der Waals surface area contributed by atoms with Gasteiger partial charge in [0, 0.05) is 12.8 Å². The lowest BCUT2D eigenvalue weighted by molar-refractivity contribution is -0.121. The van der Waals surface area contributed by atoms with Gasteiger partial charge < -0.3 is 19.2 Å². The molecule has 0 saturated carbocycles. The van der Waals surface area contributed by atoms with E-state index in [0.717, 1.165) is 29.9 Å². The number of ether oxygens (including phenoxy) is 2. The van der Waals surface area contributed by atoms with Crippen LogP contribution in [0.1, 0.15) is 47.4 Å². The number of hydrogen-bond acceptors (Lipinski definition) is 6. The molecule has 0 radical (unpaired) electrons. The van der Waals surface area contributed by atoms with E-state index in [-0.39, 0.29) is 18.7 Å². The first-order valence-electron chi connectivity index (χ1n) is 9.81. The molecule has 3 aromatic rings. The number of carbonyl (C=O) groups excluding carboxylic acids is 1. The Balaban J connectivity index is 1.14. The molecule has 5 rings (SSSR count). The fourth-order valence-corrected chi connectivity index (χ4v) is 3.88. The summed E-state index contributed by atoms with van der Waals surface area (Å²) in [5, 5.41) is 11.3. The van der Waals surface area contributed by atoms with Crippen LogP contribution in [0, 0.1) is 0 Å². The topological polar surface area (TPSA) is 86.5 Å². The molecule has 0 fully saturated rings. The second kappa shape index (κ2) is 7.58. The lowest BCUT2D eigenvalue weighted by atomic mass is 10.1. The Morgan fingerprint density at radius 3 is 2.90 bits per heavy atom. The highest BCUT2D eigenvalue weighted by Gasteiger charge is 2.23. The molecule has 1 unspecified atom stereocenters. The minimum absolute atomic E-state index is 0.00206. The summed E-state index contributed by atoms with van der Waals surface area (Å²) in [4.78, 5) is 12.4. The van der Waals surface area contributed by atoms with E-state index in [9.17, 15) is 4.79 Å². The van der Waals surface area contributed by atoms with Crippen molar-refractivity contribution < 1.29 is 18.7 Å². The molecule has 2 aliphatic rings. The molecular formula is C22H21N3O4. The second-order valence-electron chi connectivity index (χ2n) is 7.31. The second-order valence-corrected chi connectivity index (χ2v) is 7.31. The molecule has 1 aliphatic carbocycles. The van der Waals surface area contributed by atoms with Gasteiger partial charge in [-0.25, -0.2) is 0 Å². The zero-order valence-corrected chi connectivity index (χ0v) is 15.9. The molecule has 7 nitrogen and oxygen atoms in total. The molecule has 2 heterocycles. The summed E-state index contributed by atoms with van der Waals surface area (Å²) in [6.45, 7) is 0.248. The highest BCUT2D eigenvalue weighted by Crippen LogP contribution is 2.33. The monoisotopic (exact) mass is 391 g/mol. The van der Waals surface area contributed by atoms with Gasteiger partial charge in [-0.3, -0.25) is 4.79 Å². The number of amides is 1. The zero-order chi connectivity index (χ0) is 19.6. The van der Waals surface area contributed by atoms with Crippen LogP contribution in [0.2, 0.25) is 0 Å². The van der Waals surface area contributed by atoms with Crippen molar-refractivity contribution in [3.63, 3.8) is 0 Å². The number of rotatable bonds is 6. The standard InChI is InChI=1S/C22H21N3O4/c26-20(23-17-7-6-15-3-1-2-4-16(15)17)9-10-21-24-25-22(29-21)12-14-5-8-18-19(11-14)28-13-27-18/h1-5,8,11,17H,6-7,9-10,12-13H2,(H,23,26). The van der Waals surface area contributed by atoms with Gasteiger partial charge in [0.25, 0.3) is 0 Å². The Hall–Kier alpha value is -3.35. The predicted molar refractivity (Wildman–Crippen MR) is 104 cm³/mol. The van der Waals surface area contributed by atoms with Crippen molar-refractivity contribution in [3.8, 4) is 11.5 Å². The first-order valence-corrected chi connectivity index (χ1v) is 9.81. The molecule has 1 aliphatic heterocycles. The van der Waals surface area contributed by atoms with Crippen LogP contribution in [0.3, 0.4) is 0 Å². The quantitative estimate of drug-likeness (QED) is 0.695. The third-order valence-electron chi connectivity index (χ3n) is 5.34. The molecule has 7 heteroatoms. The van der Waals surface area contributed by atoms with E-state index in [1.165, 1.54) is 11.1 Å². The number of hydrogen-bond donors (Lipinski definition) is 1. The molecule has 0 saturated heterocycles. The molecule has 1 N–H and O–H groups in total. The average molecular weight is 391 g/mol. The van der Waals surface area contributed by atoms with Crippen molar-refractivity contribution in [2.24, 2.45) is 0 Å². The molecule has 2 aromatic carbocycles. The Morgan fingerprint density at radius 1 is 1.07 bits per heavy atom. The summed E-state index contributed by atoms with van der Waals surface area (Å²) < 4.78 is 16.4. The van der Waals surface area contributed by atoms with Crippen molar-refractivity contribution in [3.05, 3.63) is 70.9 Å². The van der Waals surface area contributed by atoms with E-state index in [1.807, 2.05) is 30.3 Å². The lowest BCUT2D eigenvalue weighted by Gasteiger charge is -2.13. The van der Waals surface area contributed by atoms with Crippen LogP contribution < -0.4 is 14.8 Å². The van der Waals surface area contributed by atoms with Crippen molar-refractivity contribution in [2.45, 2.75) is 38.1 Å². The average Bonchev–Trinajstić information content (AvgIpc) is 3.47. The van der Waals surface area contributed by atoms with Gasteiger partial charge in [-0.1, -0.05) is 30.3 Å². The minimum Gasteiger partial charge on any atom is -0.454 e. The van der Waals surface area contributed by atoms with Crippen molar-refractivity contribution in [1.82, 2.24) is 15.5 Å². The van der Waals surface area contributed by atoms with Crippen LogP contribution in [0.5, 0.6) is 11.5 Å². The number of fused-ring (bicyclic) bond motifs is 2. The first kappa shape index (κ1) is 17.7. The molecule has 0 spiro atoms. The number of benzene rings is 2. The zero-order valence-electron chi connectivity index (χ0n) is 15.9. The van der Waals surface area contributed by atoms with Crippen LogP contribution in [0.25, 0.3) is 0 Å². The predicted octanol–water partition coefficient (Wildman–Crippen LogP) is 3.13. The number of nitrogens with zero attached hydrogens (tertiary/aromatic N) is 2. The van der Waals surface area contributed by atoms with Gasteiger partial charge in [-0.2, -0.15) is 0 Å². The number of carbonyl (C=O) groups is 1. The highest BCUT2D eigenvalue weighted by molar-refractivity contribution is 5.76. The van der Waals surface area contributed by atoms with Gasteiger partial charge in [0.15, 0.2) is 11.5 Å². The maximum atomic E-state index is 12.4. The summed E-state index contributed by atoms with van der Waals surface area (Å²) in [6.07, 6.45) is 3.21. The fraction of sp³-hybridized carbons (Fsp3) is 0.318. The number of aryl methyl sites for hydroxylation is 2. The Kier molecular flexibility index (Phi) is 4.63. The van der Waals surface area contributed by atoms with Crippen LogP contribution in [0.15, 0.2) is 46.9 Å². The van der Waals surface area contributed by atoms with Crippen molar-refractivity contribution >= 4 is 5.91 Å². The van der Waals surface area contributed by atoms with E-state index < -0.39 is 0 Å². The van der Waals surface area contributed by atoms with Gasteiger partial charge >= 0.3 is 0 Å². The van der Waals surface area contributed by atoms with Gasteiger partial charge in [0.05, 0.1) is 12.5 Å². The van der Waals surface area contributed by atoms with Crippen LogP contribution in [0.4, 0.5) is 0 Å². The van der Waals surface area contributed by atoms with E-state index in [2.05, 4.69) is 27.6 Å². The lowest BCUT2D eigenvalue weighted by Crippen LogP contribution is -2.27. The largest absolute Gasteiger partial charge is 0.454 e.